The number of carboxylic acid groups (broad SMARTS) is 1. The van der Waals surface area contributed by atoms with Gasteiger partial charge in [-0.05, 0) is 29.5 Å². The molecule has 0 radical (unpaired) electrons. The first kappa shape index (κ1) is 11.6. The average Bonchev–Trinajstić information content (AvgIpc) is 2.17. The molecule has 0 saturated heterocycles. The van der Waals surface area contributed by atoms with Crippen LogP contribution in [0, 0.1) is 0 Å². The molecule has 82 valence electrons. The van der Waals surface area contributed by atoms with Gasteiger partial charge in [-0.1, -0.05) is 26.0 Å². The second-order valence-electron chi connectivity index (χ2n) is 3.74. The lowest BCUT2D eigenvalue weighted by atomic mass is 9.95. The molecular weight excluding hydrogens is 192 g/mol. The Hall–Kier alpha value is -1.51. The molecule has 0 saturated carbocycles. The molecule has 3 nitrogen and oxygen atoms in total. The van der Waals surface area contributed by atoms with Crippen LogP contribution < -0.4 is 0 Å². The zero-order chi connectivity index (χ0) is 11.4. The summed E-state index contributed by atoms with van der Waals surface area (Å²) in [7, 11) is 0. The van der Waals surface area contributed by atoms with E-state index in [9.17, 15) is 9.90 Å². The Kier molecular flexibility index (Phi) is 3.72. The minimum Gasteiger partial charge on any atom is -0.508 e. The number of carboxylic acids is 1. The van der Waals surface area contributed by atoms with E-state index in [0.717, 1.165) is 17.5 Å². The van der Waals surface area contributed by atoms with Gasteiger partial charge in [0.2, 0.25) is 0 Å². The fraction of sp³-hybridized carbons (Fsp3) is 0.417. The standard InChI is InChI=1S/C12H16O3/c1-3-9-7-10(4-5-11(9)13)8(2)6-12(14)15/h4-5,7-8,13H,3,6H2,1-2H3,(H,14,15). The Morgan fingerprint density at radius 2 is 2.13 bits per heavy atom. The van der Waals surface area contributed by atoms with Crippen LogP contribution in [0.4, 0.5) is 0 Å². The largest absolute Gasteiger partial charge is 0.508 e. The predicted molar refractivity (Wildman–Crippen MR) is 58.2 cm³/mol. The number of aryl methyl sites for hydroxylation is 1. The molecule has 1 rings (SSSR count). The van der Waals surface area contributed by atoms with E-state index in [2.05, 4.69) is 0 Å². The van der Waals surface area contributed by atoms with Gasteiger partial charge in [-0.25, -0.2) is 0 Å². The van der Waals surface area contributed by atoms with E-state index in [1.165, 1.54) is 0 Å². The number of phenolic OH excluding ortho intramolecular Hbond substituents is 1. The summed E-state index contributed by atoms with van der Waals surface area (Å²) in [6.45, 7) is 3.83. The molecule has 0 fully saturated rings. The van der Waals surface area contributed by atoms with Crippen molar-refractivity contribution >= 4 is 5.97 Å². The van der Waals surface area contributed by atoms with E-state index in [1.54, 1.807) is 12.1 Å². The average molecular weight is 208 g/mol. The molecule has 0 spiro atoms. The van der Waals surface area contributed by atoms with E-state index in [0.29, 0.717) is 0 Å². The fourth-order valence-electron chi connectivity index (χ4n) is 1.57. The van der Waals surface area contributed by atoms with Gasteiger partial charge in [-0.15, -0.1) is 0 Å². The number of rotatable bonds is 4. The van der Waals surface area contributed by atoms with Gasteiger partial charge in [0.1, 0.15) is 5.75 Å². The van der Waals surface area contributed by atoms with Crippen LogP contribution in [0.2, 0.25) is 0 Å². The highest BCUT2D eigenvalue weighted by Gasteiger charge is 2.11. The third kappa shape index (κ3) is 2.98. The topological polar surface area (TPSA) is 57.5 Å². The zero-order valence-corrected chi connectivity index (χ0v) is 9.03. The molecule has 2 N–H and O–H groups in total. The number of aliphatic carboxylic acids is 1. The summed E-state index contributed by atoms with van der Waals surface area (Å²) in [6.07, 6.45) is 0.868. The van der Waals surface area contributed by atoms with Crippen molar-refractivity contribution in [2.75, 3.05) is 0 Å². The van der Waals surface area contributed by atoms with Crippen molar-refractivity contribution in [3.8, 4) is 5.75 Å². The van der Waals surface area contributed by atoms with E-state index >= 15 is 0 Å². The molecule has 0 aliphatic carbocycles. The maximum Gasteiger partial charge on any atom is 0.303 e. The summed E-state index contributed by atoms with van der Waals surface area (Å²) >= 11 is 0. The number of phenols is 1. The van der Waals surface area contributed by atoms with Gasteiger partial charge in [0.25, 0.3) is 0 Å². The van der Waals surface area contributed by atoms with Gasteiger partial charge >= 0.3 is 5.97 Å². The summed E-state index contributed by atoms with van der Waals surface area (Å²) in [5, 5.41) is 18.2. The van der Waals surface area contributed by atoms with E-state index in [1.807, 2.05) is 19.9 Å². The van der Waals surface area contributed by atoms with E-state index in [-0.39, 0.29) is 18.1 Å². The quantitative estimate of drug-likeness (QED) is 0.799. The highest BCUT2D eigenvalue weighted by atomic mass is 16.4. The monoisotopic (exact) mass is 208 g/mol. The first-order valence-corrected chi connectivity index (χ1v) is 5.08. The van der Waals surface area contributed by atoms with Crippen molar-refractivity contribution in [1.29, 1.82) is 0 Å². The SMILES string of the molecule is CCc1cc(C(C)CC(=O)O)ccc1O. The maximum atomic E-state index is 10.6. The van der Waals surface area contributed by atoms with Crippen molar-refractivity contribution in [3.05, 3.63) is 29.3 Å². The van der Waals surface area contributed by atoms with Crippen molar-refractivity contribution in [2.45, 2.75) is 32.6 Å². The van der Waals surface area contributed by atoms with Crippen LogP contribution in [-0.4, -0.2) is 16.2 Å². The van der Waals surface area contributed by atoms with Crippen LogP contribution in [0.1, 0.15) is 37.3 Å². The summed E-state index contributed by atoms with van der Waals surface area (Å²) in [5.41, 5.74) is 1.83. The Bertz CT molecular complexity index is 358. The molecule has 1 atom stereocenters. The van der Waals surface area contributed by atoms with Crippen LogP contribution in [0.15, 0.2) is 18.2 Å². The van der Waals surface area contributed by atoms with Crippen LogP contribution >= 0.6 is 0 Å². The second-order valence-corrected chi connectivity index (χ2v) is 3.74. The Balaban J connectivity index is 2.90. The molecule has 0 heterocycles. The molecule has 0 aliphatic rings. The van der Waals surface area contributed by atoms with Gasteiger partial charge in [0.05, 0.1) is 6.42 Å². The third-order valence-corrected chi connectivity index (χ3v) is 2.53. The highest BCUT2D eigenvalue weighted by Crippen LogP contribution is 2.25. The highest BCUT2D eigenvalue weighted by molar-refractivity contribution is 5.68. The second kappa shape index (κ2) is 4.82. The molecule has 15 heavy (non-hydrogen) atoms. The van der Waals surface area contributed by atoms with E-state index in [4.69, 9.17) is 5.11 Å². The Morgan fingerprint density at radius 1 is 1.47 bits per heavy atom. The zero-order valence-electron chi connectivity index (χ0n) is 9.03. The summed E-state index contributed by atoms with van der Waals surface area (Å²) in [6, 6.07) is 5.29. The number of hydrogen-bond donors (Lipinski definition) is 2. The fourth-order valence-corrected chi connectivity index (χ4v) is 1.57. The van der Waals surface area contributed by atoms with Gasteiger partial charge in [-0.2, -0.15) is 0 Å². The Morgan fingerprint density at radius 3 is 2.67 bits per heavy atom. The van der Waals surface area contributed by atoms with Crippen molar-refractivity contribution in [2.24, 2.45) is 0 Å². The minimum atomic E-state index is -0.798. The lowest BCUT2D eigenvalue weighted by Gasteiger charge is -2.11. The smallest absolute Gasteiger partial charge is 0.303 e. The summed E-state index contributed by atoms with van der Waals surface area (Å²) in [4.78, 5) is 10.6. The van der Waals surface area contributed by atoms with Crippen LogP contribution in [0.5, 0.6) is 5.75 Å². The molecule has 0 amide bonds. The molecular formula is C12H16O3. The van der Waals surface area contributed by atoms with Gasteiger partial charge in [0.15, 0.2) is 0 Å². The van der Waals surface area contributed by atoms with Crippen molar-refractivity contribution in [1.82, 2.24) is 0 Å². The molecule has 1 aromatic rings. The van der Waals surface area contributed by atoms with Crippen molar-refractivity contribution < 1.29 is 15.0 Å². The molecule has 0 bridgehead atoms. The lowest BCUT2D eigenvalue weighted by Crippen LogP contribution is -2.03. The maximum absolute atomic E-state index is 10.6. The number of carbonyl (C=O) groups is 1. The molecule has 1 unspecified atom stereocenters. The molecule has 3 heteroatoms. The summed E-state index contributed by atoms with van der Waals surface area (Å²) in [5.74, 6) is -0.536. The van der Waals surface area contributed by atoms with Crippen LogP contribution in [0.25, 0.3) is 0 Å². The Labute approximate surface area is 89.4 Å². The van der Waals surface area contributed by atoms with Crippen LogP contribution in [-0.2, 0) is 11.2 Å². The third-order valence-electron chi connectivity index (χ3n) is 2.53. The van der Waals surface area contributed by atoms with E-state index < -0.39 is 5.97 Å². The van der Waals surface area contributed by atoms with Crippen LogP contribution in [0.3, 0.4) is 0 Å². The molecule has 0 aliphatic heterocycles. The van der Waals surface area contributed by atoms with Gasteiger partial charge in [-0.3, -0.25) is 4.79 Å². The van der Waals surface area contributed by atoms with Crippen molar-refractivity contribution in [3.63, 3.8) is 0 Å². The molecule has 0 aromatic heterocycles. The number of hydrogen-bond acceptors (Lipinski definition) is 2. The molecule has 1 aromatic carbocycles. The first-order valence-electron chi connectivity index (χ1n) is 5.08. The lowest BCUT2D eigenvalue weighted by molar-refractivity contribution is -0.137. The minimum absolute atomic E-state index is 0.0200. The first-order chi connectivity index (χ1) is 7.04. The van der Waals surface area contributed by atoms with Gasteiger partial charge < -0.3 is 10.2 Å². The number of aromatic hydroxyl groups is 1. The van der Waals surface area contributed by atoms with Gasteiger partial charge in [0, 0.05) is 0 Å². The summed E-state index contributed by atoms with van der Waals surface area (Å²) < 4.78 is 0. The predicted octanol–water partition coefficient (Wildman–Crippen LogP) is 2.53. The normalized spacial score (nSPS) is 12.4. The number of benzene rings is 1.